The number of methoxy groups -OCH3 is 1. The largest absolute Gasteiger partial charge is 0.496 e. The van der Waals surface area contributed by atoms with Gasteiger partial charge in [0.15, 0.2) is 6.04 Å². The van der Waals surface area contributed by atoms with Gasteiger partial charge in [0, 0.05) is 5.92 Å². The predicted octanol–water partition coefficient (Wildman–Crippen LogP) is 2.50. The quantitative estimate of drug-likeness (QED) is 0.852. The fraction of sp³-hybridized carbons (Fsp3) is 0.467. The first-order chi connectivity index (χ1) is 9.97. The van der Waals surface area contributed by atoms with Crippen LogP contribution in [-0.2, 0) is 9.59 Å². The Morgan fingerprint density at radius 1 is 1.48 bits per heavy atom. The summed E-state index contributed by atoms with van der Waals surface area (Å²) in [5, 5.41) is 12.0. The molecule has 3 rings (SSSR count). The van der Waals surface area contributed by atoms with Gasteiger partial charge in [-0.25, -0.2) is 4.79 Å². The van der Waals surface area contributed by atoms with Crippen LogP contribution in [0.3, 0.4) is 0 Å². The zero-order chi connectivity index (χ0) is 15.2. The topological polar surface area (TPSA) is 75.6 Å². The number of carboxylic acids is 1. The van der Waals surface area contributed by atoms with Gasteiger partial charge in [-0.2, -0.15) is 0 Å². The summed E-state index contributed by atoms with van der Waals surface area (Å²) in [6, 6.07) is 3.97. The lowest BCUT2D eigenvalue weighted by molar-refractivity contribution is -0.142. The molecular weight excluding hydrogens is 338 g/mol. The van der Waals surface area contributed by atoms with Crippen LogP contribution in [0.15, 0.2) is 22.7 Å². The van der Waals surface area contributed by atoms with Gasteiger partial charge in [-0.05, 0) is 58.3 Å². The predicted molar refractivity (Wildman–Crippen MR) is 79.0 cm³/mol. The van der Waals surface area contributed by atoms with Gasteiger partial charge in [-0.1, -0.05) is 6.07 Å². The highest BCUT2D eigenvalue weighted by Crippen LogP contribution is 2.70. The van der Waals surface area contributed by atoms with Crippen LogP contribution in [-0.4, -0.2) is 24.1 Å². The molecule has 0 radical (unpaired) electrons. The van der Waals surface area contributed by atoms with E-state index in [1.807, 2.05) is 0 Å². The minimum atomic E-state index is -1.06. The van der Waals surface area contributed by atoms with E-state index in [1.54, 1.807) is 25.3 Å². The Hall–Kier alpha value is -1.56. The van der Waals surface area contributed by atoms with Crippen molar-refractivity contribution < 1.29 is 19.4 Å². The summed E-state index contributed by atoms with van der Waals surface area (Å²) < 4.78 is 5.78. The van der Waals surface area contributed by atoms with Crippen LogP contribution < -0.4 is 10.1 Å². The third kappa shape index (κ3) is 2.64. The highest BCUT2D eigenvalue weighted by Gasteiger charge is 2.65. The van der Waals surface area contributed by atoms with E-state index >= 15 is 0 Å². The molecule has 112 valence electrons. The van der Waals surface area contributed by atoms with Crippen LogP contribution in [0.4, 0.5) is 0 Å². The lowest BCUT2D eigenvalue weighted by atomic mass is 10.1. The van der Waals surface area contributed by atoms with E-state index in [0.29, 0.717) is 15.8 Å². The molecule has 1 spiro atoms. The first-order valence-corrected chi connectivity index (χ1v) is 7.63. The van der Waals surface area contributed by atoms with E-state index in [9.17, 15) is 14.7 Å². The van der Waals surface area contributed by atoms with Crippen molar-refractivity contribution in [3.05, 3.63) is 28.2 Å². The molecular formula is C15H16BrNO4. The number of halogens is 1. The zero-order valence-electron chi connectivity index (χ0n) is 11.6. The number of ether oxygens (including phenoxy) is 1. The van der Waals surface area contributed by atoms with Gasteiger partial charge < -0.3 is 15.2 Å². The average Bonchev–Trinajstić information content (AvgIpc) is 3.36. The molecule has 2 atom stereocenters. The smallest absolute Gasteiger partial charge is 0.330 e. The summed E-state index contributed by atoms with van der Waals surface area (Å²) >= 11 is 3.33. The number of carboxylic acid groups (broad SMARTS) is 1. The number of carbonyl (C=O) groups is 2. The van der Waals surface area contributed by atoms with Crippen LogP contribution >= 0.6 is 15.9 Å². The normalized spacial score (nSPS) is 22.5. The minimum absolute atomic E-state index is 0.000962. The number of nitrogens with one attached hydrogen (secondary N) is 1. The number of hydrogen-bond donors (Lipinski definition) is 2. The Balaban J connectivity index is 1.76. The summed E-state index contributed by atoms with van der Waals surface area (Å²) in [6.45, 7) is 0. The number of amides is 1. The van der Waals surface area contributed by atoms with E-state index in [4.69, 9.17) is 4.74 Å². The van der Waals surface area contributed by atoms with Crippen molar-refractivity contribution in [3.8, 4) is 5.75 Å². The van der Waals surface area contributed by atoms with Crippen LogP contribution in [0.5, 0.6) is 5.75 Å². The van der Waals surface area contributed by atoms with Crippen molar-refractivity contribution in [1.29, 1.82) is 0 Å². The third-order valence-electron chi connectivity index (χ3n) is 4.44. The number of benzene rings is 1. The van der Waals surface area contributed by atoms with Crippen molar-refractivity contribution in [1.82, 2.24) is 5.32 Å². The zero-order valence-corrected chi connectivity index (χ0v) is 13.1. The fourth-order valence-corrected chi connectivity index (χ4v) is 3.38. The summed E-state index contributed by atoms with van der Waals surface area (Å²) in [5.74, 6) is -0.591. The molecule has 1 amide bonds. The second-order valence-electron chi connectivity index (χ2n) is 5.79. The molecule has 2 fully saturated rings. The number of hydrogen-bond acceptors (Lipinski definition) is 3. The standard InChI is InChI=1S/C15H16BrNO4/c1-21-11-3-2-8(6-10(11)16)12(14(19)20)17-13(18)9-7-15(9)4-5-15/h2-3,6,9,12H,4-5,7H2,1H3,(H,17,18)(H,19,20). The third-order valence-corrected chi connectivity index (χ3v) is 5.06. The highest BCUT2D eigenvalue weighted by atomic mass is 79.9. The second-order valence-corrected chi connectivity index (χ2v) is 6.65. The molecule has 2 unspecified atom stereocenters. The summed E-state index contributed by atoms with van der Waals surface area (Å²) in [7, 11) is 1.54. The molecule has 0 saturated heterocycles. The highest BCUT2D eigenvalue weighted by molar-refractivity contribution is 9.10. The molecule has 2 aliphatic rings. The molecule has 1 aromatic rings. The molecule has 21 heavy (non-hydrogen) atoms. The van der Waals surface area contributed by atoms with Gasteiger partial charge in [0.1, 0.15) is 5.75 Å². The number of rotatable bonds is 5. The lowest BCUT2D eigenvalue weighted by Crippen LogP contribution is -2.35. The summed E-state index contributed by atoms with van der Waals surface area (Å²) in [6.07, 6.45) is 3.09. The van der Waals surface area contributed by atoms with E-state index in [-0.39, 0.29) is 17.2 Å². The fourth-order valence-electron chi connectivity index (χ4n) is 2.82. The Morgan fingerprint density at radius 2 is 2.19 bits per heavy atom. The summed E-state index contributed by atoms with van der Waals surface area (Å²) in [4.78, 5) is 23.6. The summed E-state index contributed by atoms with van der Waals surface area (Å²) in [5.41, 5.74) is 0.738. The minimum Gasteiger partial charge on any atom is -0.496 e. The number of carbonyl (C=O) groups excluding carboxylic acids is 1. The molecule has 1 aromatic carbocycles. The molecule has 6 heteroatoms. The van der Waals surface area contributed by atoms with Crippen molar-refractivity contribution in [3.63, 3.8) is 0 Å². The van der Waals surface area contributed by atoms with E-state index in [2.05, 4.69) is 21.2 Å². The van der Waals surface area contributed by atoms with Crippen LogP contribution in [0, 0.1) is 11.3 Å². The van der Waals surface area contributed by atoms with Gasteiger partial charge in [0.2, 0.25) is 5.91 Å². The first-order valence-electron chi connectivity index (χ1n) is 6.83. The van der Waals surface area contributed by atoms with E-state index in [1.165, 1.54) is 0 Å². The molecule has 2 aliphatic carbocycles. The van der Waals surface area contributed by atoms with E-state index in [0.717, 1.165) is 19.3 Å². The maximum atomic E-state index is 12.1. The van der Waals surface area contributed by atoms with Gasteiger partial charge in [-0.3, -0.25) is 4.79 Å². The van der Waals surface area contributed by atoms with E-state index < -0.39 is 12.0 Å². The number of aliphatic carboxylic acids is 1. The first kappa shape index (κ1) is 14.4. The van der Waals surface area contributed by atoms with Crippen LogP contribution in [0.25, 0.3) is 0 Å². The van der Waals surface area contributed by atoms with Gasteiger partial charge in [-0.15, -0.1) is 0 Å². The average molecular weight is 354 g/mol. The lowest BCUT2D eigenvalue weighted by Gasteiger charge is -2.16. The molecule has 5 nitrogen and oxygen atoms in total. The van der Waals surface area contributed by atoms with Crippen LogP contribution in [0.1, 0.15) is 30.9 Å². The van der Waals surface area contributed by atoms with Crippen molar-refractivity contribution in [2.24, 2.45) is 11.3 Å². The van der Waals surface area contributed by atoms with Gasteiger partial charge >= 0.3 is 5.97 Å². The molecule has 0 aliphatic heterocycles. The Bertz CT molecular complexity index is 612. The van der Waals surface area contributed by atoms with Gasteiger partial charge in [0.05, 0.1) is 11.6 Å². The Labute approximate surface area is 130 Å². The maximum absolute atomic E-state index is 12.1. The molecule has 0 bridgehead atoms. The Morgan fingerprint density at radius 3 is 2.67 bits per heavy atom. The Kier molecular flexibility index (Phi) is 3.43. The SMILES string of the molecule is COc1ccc(C(NC(=O)C2CC23CC3)C(=O)O)cc1Br. The van der Waals surface area contributed by atoms with Crippen molar-refractivity contribution in [2.75, 3.05) is 7.11 Å². The second kappa shape index (κ2) is 5.02. The molecule has 0 aromatic heterocycles. The van der Waals surface area contributed by atoms with Crippen molar-refractivity contribution in [2.45, 2.75) is 25.3 Å². The molecule has 0 heterocycles. The van der Waals surface area contributed by atoms with Gasteiger partial charge in [0.25, 0.3) is 0 Å². The monoisotopic (exact) mass is 353 g/mol. The van der Waals surface area contributed by atoms with Crippen LogP contribution in [0.2, 0.25) is 0 Å². The van der Waals surface area contributed by atoms with Crippen molar-refractivity contribution >= 4 is 27.8 Å². The molecule has 2 saturated carbocycles. The maximum Gasteiger partial charge on any atom is 0.330 e. The molecule has 2 N–H and O–H groups in total.